The van der Waals surface area contributed by atoms with Gasteiger partial charge in [0, 0.05) is 28.5 Å². The molecule has 8 atom stereocenters. The molecule has 5 rings (SSSR count). The van der Waals surface area contributed by atoms with E-state index in [1.54, 1.807) is 129 Å². The van der Waals surface area contributed by atoms with Crippen molar-refractivity contribution in [3.63, 3.8) is 0 Å². The number of aliphatic hydroxyl groups excluding tert-OH is 1. The lowest BCUT2D eigenvalue weighted by molar-refractivity contribution is -0.143. The van der Waals surface area contributed by atoms with Crippen molar-refractivity contribution in [2.24, 2.45) is 17.4 Å². The Hall–Kier alpha value is -7.17. The number of benzene rings is 5. The average molecular weight is 1170 g/mol. The van der Waals surface area contributed by atoms with Gasteiger partial charge in [-0.3, -0.25) is 24.0 Å². The first-order chi connectivity index (χ1) is 39.5. The molecule has 0 aliphatic carbocycles. The Kier molecular flexibility index (Phi) is 28.0. The number of ether oxygens (including phenoxy) is 4. The van der Waals surface area contributed by atoms with Crippen LogP contribution in [0.25, 0.3) is 0 Å². The number of hydrogen-bond acceptors (Lipinski definition) is 15. The molecule has 0 saturated heterocycles. The highest BCUT2D eigenvalue weighted by Gasteiger charge is 2.42. The highest BCUT2D eigenvalue weighted by Crippen LogP contribution is 2.23. The predicted octanol–water partition coefficient (Wildman–Crippen LogP) is 5.79. The fourth-order valence-electron chi connectivity index (χ4n) is 8.43. The summed E-state index contributed by atoms with van der Waals surface area (Å²) in [6.07, 6.45) is -2.65. The normalized spacial score (nSPS) is 14.1. The van der Waals surface area contributed by atoms with Gasteiger partial charge in [0.1, 0.15) is 42.6 Å². The van der Waals surface area contributed by atoms with E-state index in [-0.39, 0.29) is 36.7 Å². The van der Waals surface area contributed by atoms with E-state index in [0.29, 0.717) is 58.9 Å². The van der Waals surface area contributed by atoms with E-state index in [4.69, 9.17) is 42.0 Å². The van der Waals surface area contributed by atoms with Gasteiger partial charge in [0.25, 0.3) is 5.91 Å². The van der Waals surface area contributed by atoms with Crippen LogP contribution in [0.1, 0.15) is 67.9 Å². The van der Waals surface area contributed by atoms with E-state index >= 15 is 9.59 Å². The van der Waals surface area contributed by atoms with Crippen molar-refractivity contribution in [1.29, 1.82) is 0 Å². The van der Waals surface area contributed by atoms with Gasteiger partial charge in [0.05, 0.1) is 45.1 Å². The molecular formula is C61H76ClN7O12S. The smallest absolute Gasteiger partial charge is 0.417 e. The Morgan fingerprint density at radius 2 is 1.24 bits per heavy atom. The number of amides is 6. The summed E-state index contributed by atoms with van der Waals surface area (Å²) in [7, 11) is 1.54. The van der Waals surface area contributed by atoms with Crippen molar-refractivity contribution in [3.05, 3.63) is 172 Å². The lowest BCUT2D eigenvalue weighted by atomic mass is 9.99. The van der Waals surface area contributed by atoms with E-state index in [9.17, 15) is 29.1 Å². The second kappa shape index (κ2) is 35.0. The third kappa shape index (κ3) is 21.3. The maximum Gasteiger partial charge on any atom is 0.417 e. The van der Waals surface area contributed by atoms with Crippen molar-refractivity contribution in [1.82, 2.24) is 26.2 Å². The molecule has 9 N–H and O–H groups in total. The summed E-state index contributed by atoms with van der Waals surface area (Å²) >= 11 is 7.64. The van der Waals surface area contributed by atoms with Crippen molar-refractivity contribution < 1.29 is 57.6 Å². The summed E-state index contributed by atoms with van der Waals surface area (Å²) in [5, 5.41) is 22.7. The third-order valence-electron chi connectivity index (χ3n) is 13.2. The minimum atomic E-state index is -1.95. The van der Waals surface area contributed by atoms with Gasteiger partial charge in [0.15, 0.2) is 6.29 Å². The number of aldehydes is 1. The number of imide groups is 1. The summed E-state index contributed by atoms with van der Waals surface area (Å²) in [6.45, 7) is 4.33. The molecule has 0 bridgehead atoms. The summed E-state index contributed by atoms with van der Waals surface area (Å²) in [6, 6.07) is 32.1. The second-order valence-electron chi connectivity index (χ2n) is 19.8. The van der Waals surface area contributed by atoms with E-state index in [1.165, 1.54) is 25.8 Å². The molecular weight excluding hydrogens is 1090 g/mol. The average Bonchev–Trinajstić information content (AvgIpc) is 3.59. The molecule has 5 aromatic carbocycles. The zero-order valence-corrected chi connectivity index (χ0v) is 48.2. The van der Waals surface area contributed by atoms with Gasteiger partial charge in [-0.05, 0) is 72.7 Å². The quantitative estimate of drug-likeness (QED) is 0.0190. The van der Waals surface area contributed by atoms with Gasteiger partial charge in [0.2, 0.25) is 23.6 Å². The summed E-state index contributed by atoms with van der Waals surface area (Å²) < 4.78 is 23.4. The molecule has 21 heteroatoms. The molecule has 0 aliphatic heterocycles. The number of aliphatic hydroxyl groups is 1. The number of halogens is 1. The number of nitrogens with one attached hydrogen (secondary N) is 4. The highest BCUT2D eigenvalue weighted by atomic mass is 35.5. The molecule has 19 nitrogen and oxygen atoms in total. The molecule has 0 aliphatic rings. The minimum absolute atomic E-state index is 0.0248. The first kappa shape index (κ1) is 65.6. The second-order valence-corrected chi connectivity index (χ2v) is 21.3. The molecule has 82 heavy (non-hydrogen) atoms. The van der Waals surface area contributed by atoms with Crippen LogP contribution in [-0.2, 0) is 75.0 Å². The molecule has 0 fully saturated rings. The number of methoxy groups -OCH3 is 1. The molecule has 0 radical (unpaired) electrons. The van der Waals surface area contributed by atoms with Crippen LogP contribution < -0.4 is 37.5 Å². The molecule has 0 heterocycles. The topological polar surface area (TPSA) is 280 Å². The van der Waals surface area contributed by atoms with Crippen LogP contribution in [0, 0.1) is 5.92 Å². The van der Waals surface area contributed by atoms with Crippen LogP contribution in [0.15, 0.2) is 140 Å². The van der Waals surface area contributed by atoms with Gasteiger partial charge >= 0.3 is 6.09 Å². The van der Waals surface area contributed by atoms with Crippen molar-refractivity contribution in [3.8, 4) is 5.75 Å². The van der Waals surface area contributed by atoms with Crippen molar-refractivity contribution in [2.75, 3.05) is 26.0 Å². The number of nitrogens with two attached hydrogens (primary N) is 2. The fourth-order valence-corrected chi connectivity index (χ4v) is 9.75. The maximum atomic E-state index is 15.4. The summed E-state index contributed by atoms with van der Waals surface area (Å²) in [4.78, 5) is 101. The Morgan fingerprint density at radius 3 is 1.84 bits per heavy atom. The van der Waals surface area contributed by atoms with Crippen molar-refractivity contribution in [2.45, 2.75) is 120 Å². The number of rotatable bonds is 34. The zero-order valence-electron chi connectivity index (χ0n) is 46.7. The first-order valence-electron chi connectivity index (χ1n) is 27.1. The number of carbonyl (C=O) groups excluding carboxylic acids is 7. The Balaban J connectivity index is 1.53. The molecule has 6 amide bonds. The minimum Gasteiger partial charge on any atom is -0.497 e. The molecule has 0 spiro atoms. The van der Waals surface area contributed by atoms with Crippen molar-refractivity contribution >= 4 is 65.3 Å². The fraction of sp³-hybridized carbons (Fsp3) is 0.393. The zero-order chi connectivity index (χ0) is 59.4. The van der Waals surface area contributed by atoms with E-state index in [2.05, 4.69) is 21.3 Å². The van der Waals surface area contributed by atoms with Gasteiger partial charge in [-0.15, -0.1) is 0 Å². The molecule has 0 saturated carbocycles. The maximum absolute atomic E-state index is 15.4. The van der Waals surface area contributed by atoms with Crippen LogP contribution in [-0.4, -0.2) is 126 Å². The monoisotopic (exact) mass is 1170 g/mol. The number of hydrogen-bond donors (Lipinski definition) is 7. The molecule has 0 aromatic heterocycles. The van der Waals surface area contributed by atoms with Crippen LogP contribution >= 0.6 is 23.4 Å². The number of thioether (sulfide) groups is 1. The van der Waals surface area contributed by atoms with E-state index < -0.39 is 103 Å². The molecule has 5 aromatic rings. The van der Waals surface area contributed by atoms with E-state index in [1.807, 2.05) is 24.3 Å². The molecule has 440 valence electrons. The predicted molar refractivity (Wildman–Crippen MR) is 314 cm³/mol. The lowest BCUT2D eigenvalue weighted by Crippen LogP contribution is -2.63. The van der Waals surface area contributed by atoms with Gasteiger partial charge in [-0.25, -0.2) is 9.69 Å². The lowest BCUT2D eigenvalue weighted by Gasteiger charge is -2.34. The van der Waals surface area contributed by atoms with Crippen LogP contribution in [0.5, 0.6) is 5.75 Å². The Bertz CT molecular complexity index is 2790. The van der Waals surface area contributed by atoms with Crippen LogP contribution in [0.2, 0.25) is 5.02 Å². The van der Waals surface area contributed by atoms with E-state index in [0.717, 1.165) is 11.1 Å². The van der Waals surface area contributed by atoms with Crippen LogP contribution in [0.3, 0.4) is 0 Å². The third-order valence-corrected chi connectivity index (χ3v) is 14.7. The number of unbranched alkanes of at least 4 members (excludes halogenated alkanes) is 1. The van der Waals surface area contributed by atoms with Gasteiger partial charge in [-0.2, -0.15) is 11.8 Å². The van der Waals surface area contributed by atoms with Gasteiger partial charge < -0.3 is 61.6 Å². The van der Waals surface area contributed by atoms with Crippen LogP contribution in [0.4, 0.5) is 4.79 Å². The Labute approximate surface area is 488 Å². The number of carbonyl (C=O) groups is 7. The highest BCUT2D eigenvalue weighted by molar-refractivity contribution is 7.98. The first-order valence-corrected chi connectivity index (χ1v) is 28.6. The summed E-state index contributed by atoms with van der Waals surface area (Å²) in [5.74, 6) is -3.93. The number of nitrogens with zero attached hydrogens (tertiary/aromatic N) is 1. The largest absolute Gasteiger partial charge is 0.497 e. The standard InChI is InChI=1S/C61H76ClN7O12S/c1-40(2)54(67-56(72)49(64)26-16-17-31-63)58(74)65-50(32-42-18-8-5-9-19-42)57(73)68-55(41(3)80-35-44-22-12-7-13-23-44)59(75)66-51(37-79-34-43-20-10-6-11-21-43)60(76)69(61(77)81-36-46-24-14-15-25-48(46)62)52(53(71)33-70)39-82-38-45-27-29-47(78-4)30-28-45/h5-15,18-25,27-30,33,40-41,49-55,71H,16-17,26,31-32,34-39,63-64H2,1-4H3,(H,65,74)(H,66,75)(H,67,72)(H,68,73)/t41-,49+,50+,51+,52+,53?,54+,55+/m1/s1. The SMILES string of the molecule is COc1ccc(CSC[C@@H](C(O)C=O)N(C(=O)OCc2ccccc2Cl)C(=O)[C@H](COCc2ccccc2)NC(=O)[C@@H](NC(=O)[C@H](Cc2ccccc2)NC(=O)[C@@H](NC(=O)[C@@H](N)CCCCN)C(C)C)[C@@H](C)OCc2ccccc2)cc1. The van der Waals surface area contributed by atoms with Gasteiger partial charge in [-0.1, -0.05) is 153 Å². The Morgan fingerprint density at radius 1 is 0.671 bits per heavy atom. The molecule has 1 unspecified atom stereocenters. The summed E-state index contributed by atoms with van der Waals surface area (Å²) in [5.41, 5.74) is 15.1.